The minimum atomic E-state index is 0.212. The van der Waals surface area contributed by atoms with Crippen LogP contribution in [0, 0.1) is 6.92 Å². The quantitative estimate of drug-likeness (QED) is 0.735. The summed E-state index contributed by atoms with van der Waals surface area (Å²) >= 11 is 1.77. The largest absolute Gasteiger partial charge is 0.468 e. The van der Waals surface area contributed by atoms with Gasteiger partial charge in [0.25, 0.3) is 0 Å². The maximum Gasteiger partial charge on any atom is 0.114 e. The monoisotopic (exact) mass is 185 g/mol. The van der Waals surface area contributed by atoms with Gasteiger partial charge in [-0.2, -0.15) is 0 Å². The van der Waals surface area contributed by atoms with Crippen LogP contribution in [-0.4, -0.2) is 11.3 Å². The zero-order chi connectivity index (χ0) is 9.14. The average Bonchev–Trinajstić information content (AvgIpc) is 2.36. The van der Waals surface area contributed by atoms with Gasteiger partial charge in [-0.25, -0.2) is 0 Å². The van der Waals surface area contributed by atoms with Crippen molar-refractivity contribution in [3.05, 3.63) is 18.1 Å². The fourth-order valence-corrected chi connectivity index (χ4v) is 1.77. The van der Waals surface area contributed by atoms with E-state index in [0.717, 1.165) is 5.76 Å². The van der Waals surface area contributed by atoms with Crippen LogP contribution >= 0.6 is 11.8 Å². The molecule has 0 saturated heterocycles. The van der Waals surface area contributed by atoms with E-state index in [9.17, 15) is 0 Å². The van der Waals surface area contributed by atoms with E-state index in [2.05, 4.69) is 6.92 Å². The lowest BCUT2D eigenvalue weighted by Crippen LogP contribution is -2.26. The smallest absolute Gasteiger partial charge is 0.114 e. The Hall–Kier alpha value is -0.410. The van der Waals surface area contributed by atoms with Crippen LogP contribution < -0.4 is 5.73 Å². The van der Waals surface area contributed by atoms with Crippen molar-refractivity contribution in [2.45, 2.75) is 37.0 Å². The second kappa shape index (κ2) is 4.01. The molecule has 2 N–H and O–H groups in total. The first-order valence-electron chi connectivity index (χ1n) is 4.07. The summed E-state index contributed by atoms with van der Waals surface area (Å²) in [6, 6.07) is 2.20. The van der Waals surface area contributed by atoms with E-state index in [-0.39, 0.29) is 6.04 Å². The first-order chi connectivity index (χ1) is 5.61. The van der Waals surface area contributed by atoms with Gasteiger partial charge >= 0.3 is 0 Å². The van der Waals surface area contributed by atoms with E-state index in [4.69, 9.17) is 10.2 Å². The highest BCUT2D eigenvalue weighted by Crippen LogP contribution is 2.28. The molecule has 12 heavy (non-hydrogen) atoms. The molecular weight excluding hydrogens is 170 g/mol. The van der Waals surface area contributed by atoms with Crippen molar-refractivity contribution >= 4 is 11.8 Å². The van der Waals surface area contributed by atoms with Gasteiger partial charge in [0.1, 0.15) is 5.76 Å². The molecule has 0 fully saturated rings. The van der Waals surface area contributed by atoms with E-state index >= 15 is 0 Å². The summed E-state index contributed by atoms with van der Waals surface area (Å²) in [4.78, 5) is 1.19. The van der Waals surface area contributed by atoms with Gasteiger partial charge in [0.2, 0.25) is 0 Å². The van der Waals surface area contributed by atoms with Crippen LogP contribution in [0.5, 0.6) is 0 Å². The van der Waals surface area contributed by atoms with Crippen molar-refractivity contribution in [3.63, 3.8) is 0 Å². The molecule has 0 bridgehead atoms. The number of aryl methyl sites for hydroxylation is 1. The van der Waals surface area contributed by atoms with Gasteiger partial charge in [0, 0.05) is 16.2 Å². The molecule has 1 heterocycles. The maximum atomic E-state index is 5.75. The Bertz CT molecular complexity index is 244. The molecule has 68 valence electrons. The summed E-state index contributed by atoms with van der Waals surface area (Å²) in [6.07, 6.45) is 1.71. The van der Waals surface area contributed by atoms with Crippen molar-refractivity contribution < 1.29 is 4.42 Å². The molecular formula is C9H15NOS. The topological polar surface area (TPSA) is 39.2 Å². The number of furan rings is 1. The lowest BCUT2D eigenvalue weighted by atomic mass is 10.3. The third-order valence-corrected chi connectivity index (χ3v) is 3.34. The van der Waals surface area contributed by atoms with Crippen molar-refractivity contribution in [1.82, 2.24) is 0 Å². The molecule has 0 aliphatic rings. The lowest BCUT2D eigenvalue weighted by Gasteiger charge is -2.13. The molecule has 0 aliphatic carbocycles. The van der Waals surface area contributed by atoms with Crippen LogP contribution in [0.1, 0.15) is 19.6 Å². The van der Waals surface area contributed by atoms with E-state index in [0.29, 0.717) is 5.25 Å². The molecule has 0 aliphatic heterocycles. The second-order valence-corrected chi connectivity index (χ2v) is 4.44. The number of hydrogen-bond acceptors (Lipinski definition) is 3. The zero-order valence-corrected chi connectivity index (χ0v) is 8.52. The molecule has 0 radical (unpaired) electrons. The van der Waals surface area contributed by atoms with Gasteiger partial charge in [0.15, 0.2) is 0 Å². The standard InChI is InChI=1S/C9H15NOS/c1-6(10)8(3)12-9-4-5-11-7(9)2/h4-6,8H,10H2,1-3H3. The summed E-state index contributed by atoms with van der Waals surface area (Å²) in [5.41, 5.74) is 5.75. The molecule has 0 saturated carbocycles. The summed E-state index contributed by atoms with van der Waals surface area (Å²) in [7, 11) is 0. The molecule has 0 amide bonds. The van der Waals surface area contributed by atoms with Crippen LogP contribution in [0.25, 0.3) is 0 Å². The van der Waals surface area contributed by atoms with Gasteiger partial charge in [-0.05, 0) is 19.9 Å². The van der Waals surface area contributed by atoms with Gasteiger partial charge in [-0.3, -0.25) is 0 Å². The number of thioether (sulfide) groups is 1. The molecule has 2 atom stereocenters. The predicted molar refractivity (Wildman–Crippen MR) is 52.4 cm³/mol. The number of rotatable bonds is 3. The predicted octanol–water partition coefficient (Wildman–Crippen LogP) is 2.42. The Morgan fingerprint density at radius 1 is 1.50 bits per heavy atom. The summed E-state index contributed by atoms with van der Waals surface area (Å²) in [5, 5.41) is 0.432. The maximum absolute atomic E-state index is 5.75. The highest BCUT2D eigenvalue weighted by atomic mass is 32.2. The van der Waals surface area contributed by atoms with E-state index in [1.807, 2.05) is 19.9 Å². The Kier molecular flexibility index (Phi) is 3.23. The molecule has 1 rings (SSSR count). The average molecular weight is 185 g/mol. The van der Waals surface area contributed by atoms with Crippen molar-refractivity contribution in [2.75, 3.05) is 0 Å². The highest BCUT2D eigenvalue weighted by Gasteiger charge is 2.11. The lowest BCUT2D eigenvalue weighted by molar-refractivity contribution is 0.526. The number of nitrogens with two attached hydrogens (primary N) is 1. The van der Waals surface area contributed by atoms with Crippen molar-refractivity contribution in [1.29, 1.82) is 0 Å². The minimum absolute atomic E-state index is 0.212. The van der Waals surface area contributed by atoms with E-state index < -0.39 is 0 Å². The van der Waals surface area contributed by atoms with Gasteiger partial charge in [-0.15, -0.1) is 11.8 Å². The molecule has 0 spiro atoms. The van der Waals surface area contributed by atoms with Crippen LogP contribution in [-0.2, 0) is 0 Å². The highest BCUT2D eigenvalue weighted by molar-refractivity contribution is 8.00. The summed E-state index contributed by atoms with van der Waals surface area (Å²) in [6.45, 7) is 6.12. The minimum Gasteiger partial charge on any atom is -0.468 e. The van der Waals surface area contributed by atoms with Crippen molar-refractivity contribution in [3.8, 4) is 0 Å². The first kappa shape index (κ1) is 9.68. The first-order valence-corrected chi connectivity index (χ1v) is 4.95. The molecule has 1 aromatic heterocycles. The van der Waals surface area contributed by atoms with Gasteiger partial charge in [-0.1, -0.05) is 6.92 Å². The normalized spacial score (nSPS) is 16.0. The molecule has 1 aromatic rings. The summed E-state index contributed by atoms with van der Waals surface area (Å²) < 4.78 is 5.18. The fraction of sp³-hybridized carbons (Fsp3) is 0.556. The molecule has 3 heteroatoms. The Morgan fingerprint density at radius 2 is 2.17 bits per heavy atom. The Labute approximate surface area is 77.5 Å². The second-order valence-electron chi connectivity index (χ2n) is 3.02. The van der Waals surface area contributed by atoms with Crippen LogP contribution in [0.15, 0.2) is 21.6 Å². The van der Waals surface area contributed by atoms with E-state index in [1.165, 1.54) is 4.90 Å². The third kappa shape index (κ3) is 2.29. The van der Waals surface area contributed by atoms with Gasteiger partial charge in [0.05, 0.1) is 6.26 Å². The SMILES string of the molecule is Cc1occc1SC(C)C(C)N. The molecule has 0 aromatic carbocycles. The van der Waals surface area contributed by atoms with Crippen LogP contribution in [0.2, 0.25) is 0 Å². The molecule has 2 unspecified atom stereocenters. The zero-order valence-electron chi connectivity index (χ0n) is 7.70. The van der Waals surface area contributed by atoms with Crippen molar-refractivity contribution in [2.24, 2.45) is 5.73 Å². The van der Waals surface area contributed by atoms with E-state index in [1.54, 1.807) is 18.0 Å². The Morgan fingerprint density at radius 3 is 2.58 bits per heavy atom. The van der Waals surface area contributed by atoms with Crippen LogP contribution in [0.3, 0.4) is 0 Å². The fourth-order valence-electron chi connectivity index (χ4n) is 0.803. The Balaban J connectivity index is 2.58. The number of hydrogen-bond donors (Lipinski definition) is 1. The third-order valence-electron chi connectivity index (χ3n) is 1.86. The summed E-state index contributed by atoms with van der Waals surface area (Å²) in [5.74, 6) is 0.979. The van der Waals surface area contributed by atoms with Crippen LogP contribution in [0.4, 0.5) is 0 Å². The molecule has 2 nitrogen and oxygen atoms in total. The van der Waals surface area contributed by atoms with Gasteiger partial charge < -0.3 is 10.2 Å².